The van der Waals surface area contributed by atoms with E-state index in [1.807, 2.05) is 0 Å². The van der Waals surface area contributed by atoms with Crippen LogP contribution in [-0.4, -0.2) is 11.1 Å². The van der Waals surface area contributed by atoms with Crippen LogP contribution in [0.5, 0.6) is 0 Å². The minimum absolute atomic E-state index is 0.118. The van der Waals surface area contributed by atoms with Crippen LogP contribution in [0.2, 0.25) is 0 Å². The van der Waals surface area contributed by atoms with Crippen LogP contribution >= 0.6 is 0 Å². The van der Waals surface area contributed by atoms with Crippen molar-refractivity contribution in [3.05, 3.63) is 34.9 Å². The molecule has 16 heavy (non-hydrogen) atoms. The molecule has 1 aromatic rings. The van der Waals surface area contributed by atoms with Crippen LogP contribution in [0.3, 0.4) is 0 Å². The summed E-state index contributed by atoms with van der Waals surface area (Å²) >= 11 is 0. The summed E-state index contributed by atoms with van der Waals surface area (Å²) in [4.78, 5) is 10.2. The number of hydrogen-bond acceptors (Lipinski definition) is 1. The van der Waals surface area contributed by atoms with Gasteiger partial charge in [-0.3, -0.25) is 4.79 Å². The van der Waals surface area contributed by atoms with Gasteiger partial charge in [0.05, 0.1) is 5.56 Å². The lowest BCUT2D eigenvalue weighted by molar-refractivity contribution is -0.145. The number of alkyl halides is 2. The van der Waals surface area contributed by atoms with E-state index in [2.05, 4.69) is 0 Å². The van der Waals surface area contributed by atoms with Crippen molar-refractivity contribution in [1.29, 1.82) is 0 Å². The van der Waals surface area contributed by atoms with E-state index in [9.17, 15) is 22.4 Å². The van der Waals surface area contributed by atoms with Gasteiger partial charge < -0.3 is 5.11 Å². The number of hydrogen-bond donors (Lipinski definition) is 1. The van der Waals surface area contributed by atoms with Crippen molar-refractivity contribution in [2.75, 3.05) is 0 Å². The van der Waals surface area contributed by atoms with E-state index in [1.165, 1.54) is 6.92 Å². The molecule has 1 rings (SSSR count). The first-order valence-corrected chi connectivity index (χ1v) is 4.30. The van der Waals surface area contributed by atoms with Crippen molar-refractivity contribution in [3.63, 3.8) is 0 Å². The molecule has 0 bridgehead atoms. The summed E-state index contributed by atoms with van der Waals surface area (Å²) in [7, 11) is 0. The predicted molar refractivity (Wildman–Crippen MR) is 47.2 cm³/mol. The lowest BCUT2D eigenvalue weighted by Gasteiger charge is -2.15. The molecule has 0 amide bonds. The molecule has 1 N–H and O–H groups in total. The van der Waals surface area contributed by atoms with Gasteiger partial charge in [0.15, 0.2) is 0 Å². The van der Waals surface area contributed by atoms with Gasteiger partial charge in [-0.25, -0.2) is 17.6 Å². The highest BCUT2D eigenvalue weighted by molar-refractivity contribution is 5.68. The van der Waals surface area contributed by atoms with E-state index in [0.717, 1.165) is 0 Å². The standard InChI is InChI=1S/C10H8F4O2/c1-5-2-8(12)6(3-7(5)11)10(13,14)4-9(15)16/h2-3H,4H2,1H3,(H,15,16). The molecule has 0 spiro atoms. The Balaban J connectivity index is 3.22. The number of aryl methyl sites for hydroxylation is 1. The summed E-state index contributed by atoms with van der Waals surface area (Å²) in [6.07, 6.45) is -1.58. The molecular formula is C10H8F4O2. The Labute approximate surface area is 88.5 Å². The van der Waals surface area contributed by atoms with E-state index >= 15 is 0 Å². The highest BCUT2D eigenvalue weighted by Crippen LogP contribution is 2.34. The Kier molecular flexibility index (Phi) is 3.21. The van der Waals surface area contributed by atoms with Crippen molar-refractivity contribution < 1.29 is 27.5 Å². The molecule has 0 aliphatic heterocycles. The summed E-state index contributed by atoms with van der Waals surface area (Å²) in [5.41, 5.74) is -1.36. The van der Waals surface area contributed by atoms with Gasteiger partial charge in [-0.1, -0.05) is 0 Å². The molecule has 0 radical (unpaired) electrons. The number of carbonyl (C=O) groups is 1. The summed E-state index contributed by atoms with van der Waals surface area (Å²) in [5, 5.41) is 8.23. The number of carboxylic acids is 1. The molecule has 2 nitrogen and oxygen atoms in total. The van der Waals surface area contributed by atoms with E-state index in [0.29, 0.717) is 12.1 Å². The van der Waals surface area contributed by atoms with Gasteiger partial charge in [0.2, 0.25) is 0 Å². The summed E-state index contributed by atoms with van der Waals surface area (Å²) in [5.74, 6) is -8.03. The first-order chi connectivity index (χ1) is 7.24. The molecule has 0 aliphatic carbocycles. The third kappa shape index (κ3) is 2.50. The third-order valence-corrected chi connectivity index (χ3v) is 2.02. The van der Waals surface area contributed by atoms with Crippen LogP contribution in [0.1, 0.15) is 17.5 Å². The predicted octanol–water partition coefficient (Wildman–Crippen LogP) is 2.84. The Morgan fingerprint density at radius 1 is 1.31 bits per heavy atom. The van der Waals surface area contributed by atoms with Crippen molar-refractivity contribution in [1.82, 2.24) is 0 Å². The number of benzene rings is 1. The maximum absolute atomic E-state index is 13.2. The van der Waals surface area contributed by atoms with Crippen molar-refractivity contribution in [2.24, 2.45) is 0 Å². The zero-order chi connectivity index (χ0) is 12.5. The molecule has 88 valence electrons. The van der Waals surface area contributed by atoms with E-state index in [-0.39, 0.29) is 5.56 Å². The van der Waals surface area contributed by atoms with Crippen molar-refractivity contribution >= 4 is 5.97 Å². The molecule has 0 saturated heterocycles. The molecule has 0 heterocycles. The Hall–Kier alpha value is -1.59. The number of halogens is 4. The van der Waals surface area contributed by atoms with Crippen LogP contribution < -0.4 is 0 Å². The van der Waals surface area contributed by atoms with E-state index in [4.69, 9.17) is 5.11 Å². The molecule has 6 heteroatoms. The summed E-state index contributed by atoms with van der Waals surface area (Å²) in [6, 6.07) is 0.939. The molecule has 0 aromatic heterocycles. The second-order valence-corrected chi connectivity index (χ2v) is 3.36. The van der Waals surface area contributed by atoms with Gasteiger partial charge in [0.25, 0.3) is 5.92 Å². The van der Waals surface area contributed by atoms with E-state index < -0.39 is 35.5 Å². The highest BCUT2D eigenvalue weighted by atomic mass is 19.3. The first kappa shape index (κ1) is 12.5. The lowest BCUT2D eigenvalue weighted by Crippen LogP contribution is -2.20. The number of carboxylic acid groups (broad SMARTS) is 1. The van der Waals surface area contributed by atoms with Crippen LogP contribution in [-0.2, 0) is 10.7 Å². The second-order valence-electron chi connectivity index (χ2n) is 3.36. The number of rotatable bonds is 3. The topological polar surface area (TPSA) is 37.3 Å². The van der Waals surface area contributed by atoms with Gasteiger partial charge >= 0.3 is 5.97 Å². The molecular weight excluding hydrogens is 228 g/mol. The van der Waals surface area contributed by atoms with E-state index in [1.54, 1.807) is 0 Å². The van der Waals surface area contributed by atoms with Gasteiger partial charge in [-0.15, -0.1) is 0 Å². The third-order valence-electron chi connectivity index (χ3n) is 2.02. The van der Waals surface area contributed by atoms with Crippen LogP contribution in [0, 0.1) is 18.6 Å². The normalized spacial score (nSPS) is 11.6. The fourth-order valence-electron chi connectivity index (χ4n) is 1.21. The van der Waals surface area contributed by atoms with Crippen molar-refractivity contribution in [3.8, 4) is 0 Å². The molecule has 0 aliphatic rings. The Morgan fingerprint density at radius 3 is 2.38 bits per heavy atom. The summed E-state index contributed by atoms with van der Waals surface area (Å²) < 4.78 is 52.5. The Morgan fingerprint density at radius 2 is 1.88 bits per heavy atom. The lowest BCUT2D eigenvalue weighted by atomic mass is 10.0. The van der Waals surface area contributed by atoms with Crippen molar-refractivity contribution in [2.45, 2.75) is 19.3 Å². The fourth-order valence-corrected chi connectivity index (χ4v) is 1.21. The highest BCUT2D eigenvalue weighted by Gasteiger charge is 2.37. The second kappa shape index (κ2) is 4.11. The van der Waals surface area contributed by atoms with Gasteiger partial charge in [0, 0.05) is 0 Å². The molecule has 0 unspecified atom stereocenters. The molecule has 0 atom stereocenters. The number of aliphatic carboxylic acids is 1. The first-order valence-electron chi connectivity index (χ1n) is 4.30. The fraction of sp³-hybridized carbons (Fsp3) is 0.300. The molecule has 0 fully saturated rings. The summed E-state index contributed by atoms with van der Waals surface area (Å²) in [6.45, 7) is 1.22. The van der Waals surface area contributed by atoms with Crippen LogP contribution in [0.4, 0.5) is 17.6 Å². The van der Waals surface area contributed by atoms with Gasteiger partial charge in [-0.05, 0) is 24.6 Å². The van der Waals surface area contributed by atoms with Gasteiger partial charge in [0.1, 0.15) is 18.1 Å². The molecule has 0 saturated carbocycles. The van der Waals surface area contributed by atoms with Crippen LogP contribution in [0.15, 0.2) is 12.1 Å². The minimum Gasteiger partial charge on any atom is -0.481 e. The maximum Gasteiger partial charge on any atom is 0.309 e. The van der Waals surface area contributed by atoms with Gasteiger partial charge in [-0.2, -0.15) is 0 Å². The SMILES string of the molecule is Cc1cc(F)c(C(F)(F)CC(=O)O)cc1F. The zero-order valence-electron chi connectivity index (χ0n) is 8.23. The zero-order valence-corrected chi connectivity index (χ0v) is 8.23. The maximum atomic E-state index is 13.2. The smallest absolute Gasteiger partial charge is 0.309 e. The average Bonchev–Trinajstić information content (AvgIpc) is 2.08. The molecule has 1 aromatic carbocycles. The average molecular weight is 236 g/mol. The monoisotopic (exact) mass is 236 g/mol. The quantitative estimate of drug-likeness (QED) is 0.819. The van der Waals surface area contributed by atoms with Crippen LogP contribution in [0.25, 0.3) is 0 Å². The minimum atomic E-state index is -3.93. The largest absolute Gasteiger partial charge is 0.481 e. The Bertz CT molecular complexity index is 429.